The van der Waals surface area contributed by atoms with Gasteiger partial charge < -0.3 is 39.1 Å². The summed E-state index contributed by atoms with van der Waals surface area (Å²) in [6.07, 6.45) is 2.75. The Morgan fingerprint density at radius 3 is 2.39 bits per heavy atom. The van der Waals surface area contributed by atoms with Crippen LogP contribution in [0.25, 0.3) is 27.8 Å². The number of nitrogens with zero attached hydrogens (tertiary/aromatic N) is 11. The van der Waals surface area contributed by atoms with Gasteiger partial charge in [-0.2, -0.15) is 17.7 Å². The number of morpholine rings is 1. The Morgan fingerprint density at radius 2 is 1.67 bits per heavy atom. The van der Waals surface area contributed by atoms with Gasteiger partial charge in [-0.1, -0.05) is 13.2 Å². The van der Waals surface area contributed by atoms with E-state index in [2.05, 4.69) is 38.3 Å². The summed E-state index contributed by atoms with van der Waals surface area (Å²) >= 11 is 0. The van der Waals surface area contributed by atoms with E-state index in [1.54, 1.807) is 26.8 Å². The molecule has 340 valence electrons. The van der Waals surface area contributed by atoms with E-state index >= 15 is 0 Å². The lowest BCUT2D eigenvalue weighted by Crippen LogP contribution is -2.37. The maximum Gasteiger partial charge on any atom is 0.433 e. The number of aromatic nitrogens is 7. The molecule has 0 spiro atoms. The van der Waals surface area contributed by atoms with Crippen LogP contribution in [-0.4, -0.2) is 123 Å². The molecular formula is C46H46F3N12O5+. The fourth-order valence-corrected chi connectivity index (χ4v) is 8.46. The van der Waals surface area contributed by atoms with Gasteiger partial charge in [0.2, 0.25) is 23.2 Å². The van der Waals surface area contributed by atoms with Crippen LogP contribution >= 0.6 is 0 Å². The molecule has 3 fully saturated rings. The molecule has 0 bridgehead atoms. The Bertz CT molecular complexity index is 2840. The van der Waals surface area contributed by atoms with E-state index in [1.165, 1.54) is 24.5 Å². The van der Waals surface area contributed by atoms with Gasteiger partial charge in [-0.25, -0.2) is 24.9 Å². The lowest BCUT2D eigenvalue weighted by molar-refractivity contribution is -0.569. The molecule has 2 atom stereocenters. The number of alkyl halides is 3. The first-order valence-electron chi connectivity index (χ1n) is 21.4. The number of amides is 2. The molecule has 1 aromatic carbocycles. The largest absolute Gasteiger partial charge is 0.472 e. The monoisotopic (exact) mass is 903 g/mol. The average Bonchev–Trinajstić information content (AvgIpc) is 4.02. The summed E-state index contributed by atoms with van der Waals surface area (Å²) in [5.74, 6) is 1.38. The number of rotatable bonds is 12. The third-order valence-corrected chi connectivity index (χ3v) is 11.9. The number of hydrogen-bond acceptors (Lipinski definition) is 14. The number of anilines is 4. The topological polar surface area (TPSA) is 168 Å². The molecule has 3 aliphatic heterocycles. The van der Waals surface area contributed by atoms with Crippen molar-refractivity contribution in [3.63, 3.8) is 0 Å². The summed E-state index contributed by atoms with van der Waals surface area (Å²) in [4.78, 5) is 60.2. The molecule has 0 aliphatic carbocycles. The number of fused-ring (bicyclic) bond motifs is 2. The standard InChI is InChI=1S/C46H46F3N12O5/c1-5-39(62)59-15-13-30(24-59)57(4)37-12-10-34-42(55-37)45(66-31-8-9-33(28(3)21-31)58-17-19-64-20-18-58)53-27-61(34)35-22-38(65-32-14-16-60(25-32)40(63)6-2)56-43-41(35)51-26-52-44(43)54-29-7-11-36(50-23-29)46(47,48)49/h5-12,21-23,26-27,30,32H,1-2,13-20,24-25H2,3-4H3,(H,51,52,54)/q+1/t30-,32-/m0/s1. The van der Waals surface area contributed by atoms with Crippen molar-refractivity contribution in [1.82, 2.24) is 39.7 Å². The molecule has 3 saturated heterocycles. The number of benzene rings is 1. The molecule has 0 saturated carbocycles. The maximum atomic E-state index is 13.4. The maximum absolute atomic E-state index is 13.4. The van der Waals surface area contributed by atoms with Crippen LogP contribution in [-0.2, 0) is 20.5 Å². The van der Waals surface area contributed by atoms with Crippen molar-refractivity contribution in [3.05, 3.63) is 104 Å². The van der Waals surface area contributed by atoms with Crippen molar-refractivity contribution >= 4 is 56.9 Å². The number of ether oxygens (including phenoxy) is 3. The number of likely N-dealkylation sites (N-methyl/N-ethyl adjacent to an activating group) is 1. The molecule has 0 unspecified atom stereocenters. The third kappa shape index (κ3) is 8.95. The number of aryl methyl sites for hydroxylation is 1. The lowest BCUT2D eigenvalue weighted by atomic mass is 10.1. The van der Waals surface area contributed by atoms with Crippen molar-refractivity contribution in [3.8, 4) is 23.2 Å². The van der Waals surface area contributed by atoms with Gasteiger partial charge in [0.1, 0.15) is 40.7 Å². The van der Waals surface area contributed by atoms with E-state index in [1.807, 2.05) is 49.2 Å². The van der Waals surface area contributed by atoms with E-state index in [4.69, 9.17) is 29.2 Å². The smallest absolute Gasteiger partial charge is 0.433 e. The van der Waals surface area contributed by atoms with Crippen LogP contribution in [0.15, 0.2) is 92.7 Å². The minimum Gasteiger partial charge on any atom is -0.472 e. The van der Waals surface area contributed by atoms with Crippen molar-refractivity contribution in [2.45, 2.75) is 38.1 Å². The van der Waals surface area contributed by atoms with Crippen LogP contribution in [0.1, 0.15) is 24.1 Å². The summed E-state index contributed by atoms with van der Waals surface area (Å²) in [6.45, 7) is 14.0. The fraction of sp³-hybridized carbons (Fsp3) is 0.326. The van der Waals surface area contributed by atoms with E-state index in [0.29, 0.717) is 79.6 Å². The minimum absolute atomic E-state index is 0.0259. The Hall–Kier alpha value is -7.48. The highest BCUT2D eigenvalue weighted by Crippen LogP contribution is 2.35. The number of halogens is 3. The highest BCUT2D eigenvalue weighted by Gasteiger charge is 2.33. The molecule has 8 heterocycles. The van der Waals surface area contributed by atoms with Crippen molar-refractivity contribution < 1.29 is 41.5 Å². The first kappa shape index (κ1) is 43.8. The summed E-state index contributed by atoms with van der Waals surface area (Å²) in [5.41, 5.74) is 3.27. The number of carbonyl (C=O) groups excluding carboxylic acids is 2. The zero-order chi connectivity index (χ0) is 46.1. The molecule has 3 aliphatic rings. The van der Waals surface area contributed by atoms with Crippen LogP contribution in [0.2, 0.25) is 0 Å². The third-order valence-electron chi connectivity index (χ3n) is 11.9. The average molecular weight is 904 g/mol. The Morgan fingerprint density at radius 1 is 0.894 bits per heavy atom. The Kier molecular flexibility index (Phi) is 12.1. The number of hydrogen-bond donors (Lipinski definition) is 1. The Labute approximate surface area is 377 Å². The summed E-state index contributed by atoms with van der Waals surface area (Å²) in [5, 5.41) is 3.05. The second kappa shape index (κ2) is 18.2. The molecular weight excluding hydrogens is 858 g/mol. The van der Waals surface area contributed by atoms with Gasteiger partial charge in [0, 0.05) is 57.9 Å². The first-order valence-corrected chi connectivity index (χ1v) is 21.4. The Balaban J connectivity index is 1.15. The quantitative estimate of drug-likeness (QED) is 0.117. The number of nitrogens with one attached hydrogen (secondary N) is 1. The van der Waals surface area contributed by atoms with Crippen LogP contribution in [0.4, 0.5) is 36.2 Å². The van der Waals surface area contributed by atoms with Gasteiger partial charge in [-0.15, -0.1) is 0 Å². The van der Waals surface area contributed by atoms with Gasteiger partial charge in [-0.3, -0.25) is 9.59 Å². The molecule has 6 aromatic rings. The van der Waals surface area contributed by atoms with Crippen molar-refractivity contribution in [2.24, 2.45) is 0 Å². The van der Waals surface area contributed by atoms with E-state index < -0.39 is 18.0 Å². The molecule has 5 aromatic heterocycles. The number of carbonyl (C=O) groups is 2. The van der Waals surface area contributed by atoms with Crippen LogP contribution in [0, 0.1) is 6.92 Å². The fourth-order valence-electron chi connectivity index (χ4n) is 8.46. The van der Waals surface area contributed by atoms with Crippen LogP contribution in [0.5, 0.6) is 17.5 Å². The predicted molar refractivity (Wildman–Crippen MR) is 238 cm³/mol. The predicted octanol–water partition coefficient (Wildman–Crippen LogP) is 5.73. The molecule has 20 heteroatoms. The van der Waals surface area contributed by atoms with Gasteiger partial charge in [0.25, 0.3) is 6.33 Å². The lowest BCUT2D eigenvalue weighted by Gasteiger charge is -2.30. The number of likely N-dealkylation sites (tertiary alicyclic amines) is 2. The normalized spacial score (nSPS) is 17.6. The minimum atomic E-state index is -4.62. The molecule has 0 radical (unpaired) electrons. The van der Waals surface area contributed by atoms with Gasteiger partial charge >= 0.3 is 12.1 Å². The zero-order valence-corrected chi connectivity index (χ0v) is 36.2. The highest BCUT2D eigenvalue weighted by atomic mass is 19.4. The number of pyridine rings is 3. The van der Waals surface area contributed by atoms with E-state index in [-0.39, 0.29) is 46.6 Å². The van der Waals surface area contributed by atoms with Gasteiger partial charge in [0.05, 0.1) is 37.7 Å². The first-order chi connectivity index (χ1) is 31.9. The van der Waals surface area contributed by atoms with Crippen molar-refractivity contribution in [1.29, 1.82) is 0 Å². The second-order valence-electron chi connectivity index (χ2n) is 16.1. The van der Waals surface area contributed by atoms with Crippen LogP contribution in [0.3, 0.4) is 0 Å². The molecule has 9 rings (SSSR count). The molecule has 17 nitrogen and oxygen atoms in total. The van der Waals surface area contributed by atoms with Crippen molar-refractivity contribution in [2.75, 3.05) is 74.6 Å². The SMILES string of the molecule is C=CC(=O)N1CC[C@H](Oc2cc(-[n+]3cnc(Oc4ccc(N5CCOCC5)c(C)c4)c4nc(N(C)[C@H]5CCN(C(=O)C=C)C5)ccc43)c3ncnc(Nc4ccc(C(F)(F)F)nc4)c3n2)C1. The van der Waals surface area contributed by atoms with Gasteiger partial charge in [-0.05, 0) is 78.5 Å². The highest BCUT2D eigenvalue weighted by molar-refractivity contribution is 5.92. The zero-order valence-electron chi connectivity index (χ0n) is 36.2. The van der Waals surface area contributed by atoms with E-state index in [0.717, 1.165) is 43.0 Å². The molecule has 1 N–H and O–H groups in total. The summed E-state index contributed by atoms with van der Waals surface area (Å²) in [7, 11) is 1.93. The molecule has 66 heavy (non-hydrogen) atoms. The summed E-state index contributed by atoms with van der Waals surface area (Å²) in [6, 6.07) is 13.5. The van der Waals surface area contributed by atoms with Gasteiger partial charge in [0.15, 0.2) is 17.0 Å². The van der Waals surface area contributed by atoms with Crippen LogP contribution < -0.4 is 29.2 Å². The summed E-state index contributed by atoms with van der Waals surface area (Å²) < 4.78 is 60.6. The van der Waals surface area contributed by atoms with E-state index in [9.17, 15) is 22.8 Å². The molecule has 2 amide bonds. The second-order valence-corrected chi connectivity index (χ2v) is 16.1.